The van der Waals surface area contributed by atoms with E-state index in [1.807, 2.05) is 19.1 Å². The Bertz CT molecular complexity index is 756. The van der Waals surface area contributed by atoms with E-state index in [0.717, 1.165) is 39.0 Å². The SMILES string of the molecule is Cc1ccc(-c2nc(CSc3n[nH]c(C4CC4)n3)cs2)o1. The molecule has 7 heteroatoms. The second kappa shape index (κ2) is 5.31. The molecule has 0 radical (unpaired) electrons. The molecule has 108 valence electrons. The summed E-state index contributed by atoms with van der Waals surface area (Å²) in [5.41, 5.74) is 1.03. The Morgan fingerprint density at radius 1 is 1.38 bits per heavy atom. The Hall–Kier alpha value is -1.60. The van der Waals surface area contributed by atoms with Gasteiger partial charge in [-0.2, -0.15) is 0 Å². The molecule has 0 bridgehead atoms. The predicted octanol–water partition coefficient (Wildman–Crippen LogP) is 4.00. The molecular weight excluding hydrogens is 304 g/mol. The van der Waals surface area contributed by atoms with Gasteiger partial charge in [-0.3, -0.25) is 5.10 Å². The van der Waals surface area contributed by atoms with Gasteiger partial charge < -0.3 is 4.42 Å². The van der Waals surface area contributed by atoms with Crippen molar-refractivity contribution in [3.8, 4) is 10.8 Å². The lowest BCUT2D eigenvalue weighted by atomic mass is 10.4. The Kier molecular flexibility index (Phi) is 3.31. The van der Waals surface area contributed by atoms with Crippen LogP contribution in [0.2, 0.25) is 0 Å². The Balaban J connectivity index is 1.41. The zero-order chi connectivity index (χ0) is 14.2. The molecule has 0 spiro atoms. The minimum Gasteiger partial charge on any atom is -0.459 e. The van der Waals surface area contributed by atoms with Crippen molar-refractivity contribution in [3.63, 3.8) is 0 Å². The number of aromatic amines is 1. The monoisotopic (exact) mass is 318 g/mol. The number of thiazole rings is 1. The molecule has 0 aromatic carbocycles. The van der Waals surface area contributed by atoms with E-state index in [1.54, 1.807) is 23.1 Å². The molecule has 0 saturated heterocycles. The Labute approximate surface area is 130 Å². The number of hydrogen-bond acceptors (Lipinski definition) is 6. The highest BCUT2D eigenvalue weighted by Crippen LogP contribution is 2.38. The van der Waals surface area contributed by atoms with Crippen LogP contribution in [0.1, 0.15) is 36.0 Å². The van der Waals surface area contributed by atoms with Gasteiger partial charge in [-0.1, -0.05) is 11.8 Å². The molecule has 0 amide bonds. The molecule has 1 aliphatic carbocycles. The minimum atomic E-state index is 0.611. The highest BCUT2D eigenvalue weighted by atomic mass is 32.2. The van der Waals surface area contributed by atoms with Crippen molar-refractivity contribution in [2.75, 3.05) is 0 Å². The summed E-state index contributed by atoms with van der Waals surface area (Å²) < 4.78 is 5.59. The van der Waals surface area contributed by atoms with E-state index in [-0.39, 0.29) is 0 Å². The standard InChI is InChI=1S/C14H14N4OS2/c1-8-2-5-11(19-8)13-15-10(6-20-13)7-21-14-16-12(17-18-14)9-3-4-9/h2,5-6,9H,3-4,7H2,1H3,(H,16,17,18). The van der Waals surface area contributed by atoms with E-state index >= 15 is 0 Å². The van der Waals surface area contributed by atoms with E-state index in [0.29, 0.717) is 5.92 Å². The number of H-pyrrole nitrogens is 1. The molecule has 0 unspecified atom stereocenters. The van der Waals surface area contributed by atoms with E-state index < -0.39 is 0 Å². The third-order valence-corrected chi connectivity index (χ3v) is 5.08. The molecule has 1 aliphatic rings. The number of rotatable bonds is 5. The van der Waals surface area contributed by atoms with Crippen LogP contribution < -0.4 is 0 Å². The first-order valence-corrected chi connectivity index (χ1v) is 8.71. The average molecular weight is 318 g/mol. The summed E-state index contributed by atoms with van der Waals surface area (Å²) >= 11 is 3.22. The van der Waals surface area contributed by atoms with Gasteiger partial charge in [-0.15, -0.1) is 16.4 Å². The van der Waals surface area contributed by atoms with Crippen molar-refractivity contribution >= 4 is 23.1 Å². The van der Waals surface area contributed by atoms with Gasteiger partial charge in [0.2, 0.25) is 5.16 Å². The van der Waals surface area contributed by atoms with Crippen molar-refractivity contribution < 1.29 is 4.42 Å². The van der Waals surface area contributed by atoms with Crippen LogP contribution >= 0.6 is 23.1 Å². The fourth-order valence-electron chi connectivity index (χ4n) is 2.04. The molecule has 3 aromatic heterocycles. The van der Waals surface area contributed by atoms with Crippen molar-refractivity contribution in [2.24, 2.45) is 0 Å². The van der Waals surface area contributed by atoms with Gasteiger partial charge in [-0.25, -0.2) is 9.97 Å². The summed E-state index contributed by atoms with van der Waals surface area (Å²) in [6.07, 6.45) is 2.47. The highest BCUT2D eigenvalue weighted by Gasteiger charge is 2.27. The second-order valence-electron chi connectivity index (χ2n) is 5.12. The second-order valence-corrected chi connectivity index (χ2v) is 6.92. The number of hydrogen-bond donors (Lipinski definition) is 1. The predicted molar refractivity (Wildman–Crippen MR) is 82.5 cm³/mol. The molecule has 4 rings (SSSR count). The lowest BCUT2D eigenvalue weighted by Gasteiger charge is -1.92. The van der Waals surface area contributed by atoms with Gasteiger partial charge in [0.25, 0.3) is 0 Å². The quantitative estimate of drug-likeness (QED) is 0.720. The van der Waals surface area contributed by atoms with Crippen LogP contribution in [0.5, 0.6) is 0 Å². The number of aromatic nitrogens is 4. The first kappa shape index (κ1) is 13.1. The van der Waals surface area contributed by atoms with Crippen LogP contribution in [0.25, 0.3) is 10.8 Å². The molecule has 3 heterocycles. The molecule has 21 heavy (non-hydrogen) atoms. The van der Waals surface area contributed by atoms with Crippen molar-refractivity contribution in [2.45, 2.75) is 36.6 Å². The highest BCUT2D eigenvalue weighted by molar-refractivity contribution is 7.98. The molecule has 1 saturated carbocycles. The van der Waals surface area contributed by atoms with Crippen LogP contribution in [0.3, 0.4) is 0 Å². The van der Waals surface area contributed by atoms with Gasteiger partial charge in [0, 0.05) is 17.1 Å². The molecule has 0 atom stereocenters. The zero-order valence-electron chi connectivity index (χ0n) is 11.5. The van der Waals surface area contributed by atoms with Crippen LogP contribution in [0, 0.1) is 6.92 Å². The number of thioether (sulfide) groups is 1. The summed E-state index contributed by atoms with van der Waals surface area (Å²) in [5, 5.41) is 11.1. The summed E-state index contributed by atoms with van der Waals surface area (Å²) in [7, 11) is 0. The topological polar surface area (TPSA) is 67.6 Å². The number of aryl methyl sites for hydroxylation is 1. The summed E-state index contributed by atoms with van der Waals surface area (Å²) in [4.78, 5) is 9.11. The summed E-state index contributed by atoms with van der Waals surface area (Å²) in [5.74, 6) is 4.16. The van der Waals surface area contributed by atoms with E-state index in [9.17, 15) is 0 Å². The van der Waals surface area contributed by atoms with Crippen molar-refractivity contribution in [3.05, 3.63) is 34.8 Å². The molecular formula is C14H14N4OS2. The first-order chi connectivity index (χ1) is 10.3. The Morgan fingerprint density at radius 2 is 2.29 bits per heavy atom. The van der Waals surface area contributed by atoms with E-state index in [2.05, 4.69) is 25.5 Å². The van der Waals surface area contributed by atoms with Crippen LogP contribution in [-0.2, 0) is 5.75 Å². The lowest BCUT2D eigenvalue weighted by molar-refractivity contribution is 0.548. The maximum atomic E-state index is 5.59. The molecule has 3 aromatic rings. The smallest absolute Gasteiger partial charge is 0.208 e. The van der Waals surface area contributed by atoms with Crippen LogP contribution in [0.15, 0.2) is 27.1 Å². The number of furan rings is 1. The number of nitrogens with one attached hydrogen (secondary N) is 1. The van der Waals surface area contributed by atoms with Gasteiger partial charge in [-0.05, 0) is 31.9 Å². The van der Waals surface area contributed by atoms with Gasteiger partial charge in [0.1, 0.15) is 11.6 Å². The molecule has 1 fully saturated rings. The summed E-state index contributed by atoms with van der Waals surface area (Å²) in [6.45, 7) is 1.94. The zero-order valence-corrected chi connectivity index (χ0v) is 13.1. The maximum Gasteiger partial charge on any atom is 0.208 e. The van der Waals surface area contributed by atoms with Crippen molar-refractivity contribution in [1.82, 2.24) is 20.2 Å². The third kappa shape index (κ3) is 2.89. The van der Waals surface area contributed by atoms with Crippen LogP contribution in [0.4, 0.5) is 0 Å². The van der Waals surface area contributed by atoms with Gasteiger partial charge >= 0.3 is 0 Å². The lowest BCUT2D eigenvalue weighted by Crippen LogP contribution is -1.83. The van der Waals surface area contributed by atoms with Gasteiger partial charge in [0.05, 0.1) is 5.69 Å². The number of nitrogens with zero attached hydrogens (tertiary/aromatic N) is 3. The minimum absolute atomic E-state index is 0.611. The Morgan fingerprint density at radius 3 is 3.05 bits per heavy atom. The van der Waals surface area contributed by atoms with Gasteiger partial charge in [0.15, 0.2) is 10.8 Å². The fraction of sp³-hybridized carbons (Fsp3) is 0.357. The van der Waals surface area contributed by atoms with E-state index in [4.69, 9.17) is 4.42 Å². The molecule has 5 nitrogen and oxygen atoms in total. The normalized spacial score (nSPS) is 14.7. The molecule has 1 N–H and O–H groups in total. The molecule has 0 aliphatic heterocycles. The first-order valence-electron chi connectivity index (χ1n) is 6.84. The van der Waals surface area contributed by atoms with Crippen LogP contribution in [-0.4, -0.2) is 20.2 Å². The maximum absolute atomic E-state index is 5.59. The van der Waals surface area contributed by atoms with E-state index in [1.165, 1.54) is 12.8 Å². The van der Waals surface area contributed by atoms with Crippen molar-refractivity contribution in [1.29, 1.82) is 0 Å². The third-order valence-electron chi connectivity index (χ3n) is 3.30. The summed E-state index contributed by atoms with van der Waals surface area (Å²) in [6, 6.07) is 3.92. The average Bonchev–Trinajstić information content (AvgIpc) is 2.92. The largest absolute Gasteiger partial charge is 0.459 e. The fourth-order valence-corrected chi connectivity index (χ4v) is 3.62.